The van der Waals surface area contributed by atoms with Crippen LogP contribution in [0.25, 0.3) is 0 Å². The topological polar surface area (TPSA) is 156 Å². The molecule has 6 N–H and O–H groups in total. The number of aromatic hydroxyl groups is 1. The fourth-order valence-electron chi connectivity index (χ4n) is 5.33. The van der Waals surface area contributed by atoms with Gasteiger partial charge in [0.1, 0.15) is 22.8 Å². The largest absolute Gasteiger partial charge is 0.511 e. The summed E-state index contributed by atoms with van der Waals surface area (Å²) in [5, 5.41) is 21.4. The Bertz CT molecular complexity index is 1100. The molecule has 1 aromatic carbocycles. The van der Waals surface area contributed by atoms with E-state index in [1.54, 1.807) is 6.92 Å². The van der Waals surface area contributed by atoms with Crippen molar-refractivity contribution in [2.45, 2.75) is 26.2 Å². The average molecular weight is 427 g/mol. The Balaban J connectivity index is 1.96. The van der Waals surface area contributed by atoms with E-state index in [-0.39, 0.29) is 40.9 Å². The summed E-state index contributed by atoms with van der Waals surface area (Å²) in [5.41, 5.74) is 7.36. The lowest BCUT2D eigenvalue weighted by Gasteiger charge is -2.42. The van der Waals surface area contributed by atoms with Gasteiger partial charge in [-0.05, 0) is 48.8 Å². The number of ketones is 2. The van der Waals surface area contributed by atoms with Gasteiger partial charge in [0.15, 0.2) is 11.6 Å². The van der Waals surface area contributed by atoms with Gasteiger partial charge in [-0.1, -0.05) is 0 Å². The zero-order valence-corrected chi connectivity index (χ0v) is 17.6. The first-order valence-electron chi connectivity index (χ1n) is 10.0. The number of nitrogens with zero attached hydrogens (tertiary/aromatic N) is 1. The molecule has 0 saturated heterocycles. The van der Waals surface area contributed by atoms with E-state index >= 15 is 0 Å². The number of hydrogen-bond donors (Lipinski definition) is 4. The van der Waals surface area contributed by atoms with Crippen molar-refractivity contribution in [3.63, 3.8) is 0 Å². The highest BCUT2D eigenvalue weighted by Gasteiger charge is 2.50. The summed E-state index contributed by atoms with van der Waals surface area (Å²) >= 11 is 0. The first-order chi connectivity index (χ1) is 14.6. The highest BCUT2D eigenvalue weighted by Crippen LogP contribution is 2.52. The SMILES string of the molecule is Cc1cc(N(C)C)c2c(c1O)C(=O)C1=C(ON)C3C(O)=C(C(N)=O)C(=O)CC3CC1C2. The molecule has 0 spiro atoms. The number of aliphatic hydroxyl groups is 1. The van der Waals surface area contributed by atoms with E-state index in [0.29, 0.717) is 18.4 Å². The van der Waals surface area contributed by atoms with Gasteiger partial charge in [-0.3, -0.25) is 14.4 Å². The maximum absolute atomic E-state index is 13.6. The number of carbonyl (C=O) groups excluding carboxylic acids is 3. The van der Waals surface area contributed by atoms with E-state index in [1.165, 1.54) is 0 Å². The molecule has 9 nitrogen and oxygen atoms in total. The second-order valence-electron chi connectivity index (χ2n) is 8.66. The molecule has 0 aliphatic heterocycles. The van der Waals surface area contributed by atoms with Crippen molar-refractivity contribution >= 4 is 23.2 Å². The molecule has 164 valence electrons. The predicted molar refractivity (Wildman–Crippen MR) is 111 cm³/mol. The molecule has 3 aliphatic rings. The van der Waals surface area contributed by atoms with Crippen LogP contribution in [0.1, 0.15) is 34.3 Å². The fraction of sp³-hybridized carbons (Fsp3) is 0.409. The van der Waals surface area contributed by atoms with E-state index in [0.717, 1.165) is 11.3 Å². The second-order valence-corrected chi connectivity index (χ2v) is 8.66. The summed E-state index contributed by atoms with van der Waals surface area (Å²) in [6.07, 6.45) is 0.848. The molecule has 0 fully saturated rings. The van der Waals surface area contributed by atoms with Crippen LogP contribution in [0, 0.1) is 24.7 Å². The number of rotatable bonds is 3. The van der Waals surface area contributed by atoms with Gasteiger partial charge < -0.3 is 25.7 Å². The van der Waals surface area contributed by atoms with Gasteiger partial charge in [0.05, 0.1) is 11.5 Å². The maximum atomic E-state index is 13.6. The standard InChI is InChI=1S/C22H25N3O6/c1-8-4-12(25(2)3)11-6-9-5-10-7-13(26)17(22(23)30)20(29)15(10)21(31-24)14(9)19(28)16(11)18(8)27/h4,9-10,15,27,29H,5-7,24H2,1-3H3,(H2,23,30). The summed E-state index contributed by atoms with van der Waals surface area (Å²) in [7, 11) is 3.72. The molecular formula is C22H25N3O6. The summed E-state index contributed by atoms with van der Waals surface area (Å²) in [6, 6.07) is 1.83. The lowest BCUT2D eigenvalue weighted by Crippen LogP contribution is -2.42. The lowest BCUT2D eigenvalue weighted by atomic mass is 9.62. The smallest absolute Gasteiger partial charge is 0.255 e. The third kappa shape index (κ3) is 2.91. The van der Waals surface area contributed by atoms with Gasteiger partial charge in [0.2, 0.25) is 0 Å². The number of aliphatic hydroxyl groups excluding tert-OH is 1. The zero-order valence-electron chi connectivity index (χ0n) is 17.6. The molecule has 1 aromatic rings. The Morgan fingerprint density at radius 3 is 2.48 bits per heavy atom. The lowest BCUT2D eigenvalue weighted by molar-refractivity contribution is -0.123. The van der Waals surface area contributed by atoms with Gasteiger partial charge in [-0.15, -0.1) is 0 Å². The van der Waals surface area contributed by atoms with Crippen LogP contribution >= 0.6 is 0 Å². The first-order valence-corrected chi connectivity index (χ1v) is 10.0. The number of aryl methyl sites for hydroxylation is 1. The molecular weight excluding hydrogens is 402 g/mol. The van der Waals surface area contributed by atoms with Crippen molar-refractivity contribution in [3.05, 3.63) is 45.4 Å². The minimum Gasteiger partial charge on any atom is -0.511 e. The molecule has 3 unspecified atom stereocenters. The molecule has 3 atom stereocenters. The van der Waals surface area contributed by atoms with Crippen molar-refractivity contribution in [1.82, 2.24) is 0 Å². The summed E-state index contributed by atoms with van der Waals surface area (Å²) in [4.78, 5) is 44.8. The maximum Gasteiger partial charge on any atom is 0.255 e. The predicted octanol–water partition coefficient (Wildman–Crippen LogP) is 1.17. The molecule has 0 radical (unpaired) electrons. The molecule has 0 saturated carbocycles. The highest BCUT2D eigenvalue weighted by molar-refractivity contribution is 6.20. The van der Waals surface area contributed by atoms with E-state index in [9.17, 15) is 24.6 Å². The van der Waals surface area contributed by atoms with E-state index in [2.05, 4.69) is 0 Å². The molecule has 1 amide bonds. The van der Waals surface area contributed by atoms with Gasteiger partial charge >= 0.3 is 0 Å². The van der Waals surface area contributed by atoms with Crippen LogP contribution in [0.5, 0.6) is 5.75 Å². The number of benzene rings is 1. The zero-order chi connectivity index (χ0) is 22.8. The number of phenolic OH excluding ortho intramolecular Hbond substituents is 1. The Hall–Kier alpha value is -3.33. The summed E-state index contributed by atoms with van der Waals surface area (Å²) in [5.74, 6) is 1.34. The number of nitrogens with two attached hydrogens (primary N) is 2. The molecule has 9 heteroatoms. The number of fused-ring (bicyclic) bond motifs is 3. The number of Topliss-reactive ketones (excluding diaryl/α,β-unsaturated/α-hetero) is 2. The van der Waals surface area contributed by atoms with Crippen LogP contribution < -0.4 is 16.5 Å². The van der Waals surface area contributed by atoms with Crippen molar-refractivity contribution < 1.29 is 29.4 Å². The normalized spacial score (nSPS) is 25.1. The van der Waals surface area contributed by atoms with Crippen LogP contribution in [0.2, 0.25) is 0 Å². The molecule has 4 rings (SSSR count). The Kier molecular flexibility index (Phi) is 4.81. The van der Waals surface area contributed by atoms with Crippen LogP contribution in [0.4, 0.5) is 5.69 Å². The van der Waals surface area contributed by atoms with Gasteiger partial charge in [-0.25, -0.2) is 0 Å². The van der Waals surface area contributed by atoms with Gasteiger partial charge in [-0.2, -0.15) is 5.90 Å². The van der Waals surface area contributed by atoms with E-state index in [4.69, 9.17) is 16.5 Å². The molecule has 31 heavy (non-hydrogen) atoms. The Morgan fingerprint density at radius 2 is 1.90 bits per heavy atom. The van der Waals surface area contributed by atoms with Gasteiger partial charge in [0.25, 0.3) is 5.91 Å². The second kappa shape index (κ2) is 7.12. The molecule has 0 heterocycles. The fourth-order valence-corrected chi connectivity index (χ4v) is 5.33. The van der Waals surface area contributed by atoms with Crippen molar-refractivity contribution in [3.8, 4) is 5.75 Å². The van der Waals surface area contributed by atoms with E-state index in [1.807, 2.05) is 25.1 Å². The number of phenols is 1. The first kappa shape index (κ1) is 20.9. The average Bonchev–Trinajstić information content (AvgIpc) is 2.68. The quantitative estimate of drug-likeness (QED) is 0.414. The Morgan fingerprint density at radius 1 is 1.23 bits per heavy atom. The number of carbonyl (C=O) groups is 3. The van der Waals surface area contributed by atoms with Crippen molar-refractivity contribution in [1.29, 1.82) is 0 Å². The van der Waals surface area contributed by atoms with Crippen LogP contribution in [0.3, 0.4) is 0 Å². The van der Waals surface area contributed by atoms with Crippen LogP contribution in [0.15, 0.2) is 28.7 Å². The van der Waals surface area contributed by atoms with Crippen molar-refractivity contribution in [2.24, 2.45) is 29.4 Å². The summed E-state index contributed by atoms with van der Waals surface area (Å²) < 4.78 is 0. The molecule has 3 aliphatic carbocycles. The minimum atomic E-state index is -1.03. The number of primary amides is 1. The highest BCUT2D eigenvalue weighted by atomic mass is 16.6. The summed E-state index contributed by atoms with van der Waals surface area (Å²) in [6.45, 7) is 1.72. The van der Waals surface area contributed by atoms with Crippen molar-refractivity contribution in [2.75, 3.05) is 19.0 Å². The number of allylic oxidation sites excluding steroid dienone is 1. The van der Waals surface area contributed by atoms with Crippen LogP contribution in [-0.4, -0.2) is 41.8 Å². The van der Waals surface area contributed by atoms with Crippen LogP contribution in [-0.2, 0) is 20.8 Å². The number of amides is 1. The third-order valence-corrected chi connectivity index (χ3v) is 6.64. The van der Waals surface area contributed by atoms with E-state index < -0.39 is 34.7 Å². The Labute approximate surface area is 178 Å². The molecule has 0 bridgehead atoms. The number of hydrogen-bond acceptors (Lipinski definition) is 8. The monoisotopic (exact) mass is 427 g/mol. The van der Waals surface area contributed by atoms with Gasteiger partial charge in [0, 0.05) is 31.8 Å². The number of anilines is 1. The molecule has 0 aromatic heterocycles. The third-order valence-electron chi connectivity index (χ3n) is 6.64. The minimum absolute atomic E-state index is 0.00955.